The minimum absolute atomic E-state index is 0.0687. The maximum absolute atomic E-state index is 13.3. The van der Waals surface area contributed by atoms with Gasteiger partial charge in [0.05, 0.1) is 80.1 Å². The number of amides is 2. The number of cyclic esters (lactones) is 2. The van der Waals surface area contributed by atoms with Gasteiger partial charge in [-0.1, -0.05) is 61.6 Å². The highest BCUT2D eigenvalue weighted by Crippen LogP contribution is 2.48. The maximum atomic E-state index is 13.3. The van der Waals surface area contributed by atoms with E-state index >= 15 is 0 Å². The van der Waals surface area contributed by atoms with Crippen LogP contribution in [0.5, 0.6) is 69.0 Å². The Kier molecular flexibility index (Phi) is 23.4. The zero-order valence-electron chi connectivity index (χ0n) is 65.7. The van der Waals surface area contributed by atoms with Crippen molar-refractivity contribution in [3.63, 3.8) is 0 Å². The number of alkyl halides is 3. The first-order chi connectivity index (χ1) is 58.5. The molecule has 0 saturated heterocycles. The number of hydrogen-bond acceptors (Lipinski definition) is 31. The van der Waals surface area contributed by atoms with Crippen LogP contribution in [0.3, 0.4) is 0 Å². The van der Waals surface area contributed by atoms with Crippen LogP contribution < -0.4 is 95.8 Å². The van der Waals surface area contributed by atoms with Gasteiger partial charge in [0.25, 0.3) is 11.1 Å². The molecule has 0 spiro atoms. The molecule has 10 N–H and O–H groups in total. The Morgan fingerprint density at radius 2 is 0.754 bits per heavy atom. The molecule has 2 amide bonds. The Bertz CT molecular complexity index is 6080. The number of carbonyl (C=O) groups excluding carboxylic acids is 8. The van der Waals surface area contributed by atoms with Crippen LogP contribution in [0.4, 0.5) is 22.7 Å². The molecule has 2 atom stereocenters. The summed E-state index contributed by atoms with van der Waals surface area (Å²) in [6.07, 6.45) is 0.202. The van der Waals surface area contributed by atoms with E-state index < -0.39 is 23.1 Å². The lowest BCUT2D eigenvalue weighted by molar-refractivity contribution is -0.172. The normalized spacial score (nSPS) is 16.6. The van der Waals surface area contributed by atoms with Crippen molar-refractivity contribution >= 4 is 139 Å². The summed E-state index contributed by atoms with van der Waals surface area (Å²) in [5.74, 6) is 4.63. The number of aromatic nitrogens is 4. The van der Waals surface area contributed by atoms with Gasteiger partial charge in [0, 0.05) is 129 Å². The first-order valence-electron chi connectivity index (χ1n) is 37.6. The highest BCUT2D eigenvalue weighted by atomic mass is 79.9. The van der Waals surface area contributed by atoms with Gasteiger partial charge in [-0.15, -0.1) is 0 Å². The molecule has 0 aliphatic carbocycles. The standard InChI is InChI=1S/C22H17BrN2O6.C22H19N3O6.C11H10BrNO4.C11H11NO4.C9H8BrNO3.C9H9NO3/c2*1-2-22(28)14-4-16-19-12(7-25(16)20(26)13(14)8-29-21(22)27)11(6-23)10-3-17-18(31-9-30-17)5-15(10)24-19;1-6(14)13-8-3-11-10(16-5-17-11)2-7(8)9(15)4-12;1-6(13)8-3-10-11(16-5-15-10)4-9(8)12-7(2)14;10-3-7(12)5-1-8-9(2-6(5)11)14-4-13-8;1-5(11)6-2-8-9(3-7(6)10)13-4-12-8/h3-5,28H,2,6-9H2,1H3;3-5,28H,2,6-9,23H2,1H3;2-3H,4-5H2,1H3,(H,13,14);3-4H,5H2,1-2H3,(H,12,14);1-2H,3-4,11H2;2-3H,4,10H2,1H3/t2*22-;;;;/m00..../s1. The minimum atomic E-state index is -1.86. The molecule has 0 unspecified atom stereocenters. The Morgan fingerprint density at radius 1 is 0.426 bits per heavy atom. The van der Waals surface area contributed by atoms with Gasteiger partial charge in [-0.2, -0.15) is 0 Å². The van der Waals surface area contributed by atoms with Crippen LogP contribution in [0.15, 0.2) is 94.5 Å². The fourth-order valence-corrected chi connectivity index (χ4v) is 16.3. The Hall–Kier alpha value is -12.9. The summed E-state index contributed by atoms with van der Waals surface area (Å²) in [5.41, 5.74) is 25.3. The molecule has 632 valence electrons. The fraction of sp³-hybridized carbons (Fsp3) is 0.286. The number of Topliss-reactive ketones (excluding diaryl/α,β-unsaturated/α-hetero) is 4. The van der Waals surface area contributed by atoms with E-state index in [1.54, 1.807) is 89.7 Å². The van der Waals surface area contributed by atoms with Gasteiger partial charge in [-0.3, -0.25) is 38.4 Å². The fourth-order valence-electron chi connectivity index (χ4n) is 15.1. The highest BCUT2D eigenvalue weighted by Gasteiger charge is 2.48. The summed E-state index contributed by atoms with van der Waals surface area (Å²) in [6, 6.07) is 23.6. The number of nitrogen functional groups attached to an aromatic ring is 2. The van der Waals surface area contributed by atoms with Crippen LogP contribution in [-0.4, -0.2) is 128 Å². The summed E-state index contributed by atoms with van der Waals surface area (Å²) < 4.78 is 76.7. The van der Waals surface area contributed by atoms with Crippen LogP contribution in [0, 0.1) is 0 Å². The number of aliphatic hydroxyl groups is 2. The van der Waals surface area contributed by atoms with Crippen molar-refractivity contribution in [1.82, 2.24) is 19.1 Å². The van der Waals surface area contributed by atoms with E-state index in [-0.39, 0.29) is 136 Å². The smallest absolute Gasteiger partial charge is 0.343 e. The number of carbonyl (C=O) groups is 8. The number of rotatable bonds is 12. The van der Waals surface area contributed by atoms with Crippen molar-refractivity contribution in [3.8, 4) is 91.8 Å². The van der Waals surface area contributed by atoms with Crippen molar-refractivity contribution in [3.05, 3.63) is 172 Å². The molecule has 0 bridgehead atoms. The van der Waals surface area contributed by atoms with Crippen molar-refractivity contribution in [2.75, 3.05) is 73.5 Å². The summed E-state index contributed by atoms with van der Waals surface area (Å²) in [4.78, 5) is 129. The largest absolute Gasteiger partial charge is 0.458 e. The summed E-state index contributed by atoms with van der Waals surface area (Å²) >= 11 is 9.77. The van der Waals surface area contributed by atoms with Gasteiger partial charge < -0.3 is 113 Å². The maximum Gasteiger partial charge on any atom is 0.343 e. The molecule has 10 aliphatic rings. The number of ketones is 4. The average Bonchev–Trinajstić information content (AvgIpc) is 1.55. The van der Waals surface area contributed by atoms with Crippen molar-refractivity contribution in [2.45, 2.75) is 104 Å². The van der Waals surface area contributed by atoms with Crippen LogP contribution in [0.2, 0.25) is 0 Å². The van der Waals surface area contributed by atoms with E-state index in [0.717, 1.165) is 38.5 Å². The molecule has 122 heavy (non-hydrogen) atoms. The Labute approximate surface area is 716 Å². The van der Waals surface area contributed by atoms with Crippen LogP contribution in [0.1, 0.15) is 140 Å². The lowest BCUT2D eigenvalue weighted by atomic mass is 9.86. The molecule has 20 rings (SSSR count). The van der Waals surface area contributed by atoms with Crippen molar-refractivity contribution < 1.29 is 115 Å². The predicted octanol–water partition coefficient (Wildman–Crippen LogP) is 10.3. The van der Waals surface area contributed by atoms with Gasteiger partial charge in [0.2, 0.25) is 52.6 Å². The second-order valence-corrected chi connectivity index (χ2v) is 30.2. The SMILES string of the molecule is CC(=O)Nc1cc2c(cc1C(=O)CBr)OCO2.CC(=O)Nc1cc2c(cc1C(C)=O)OCO2.CC(=O)c1cc2c(cc1N)OCO2.CC[C@@]1(O)C(=O)OCc2c1cc1n(c2=O)Cc2c-1nc1cc3c(cc1c2CBr)OCO3.CC[C@@]1(O)C(=O)OCc2c1cc1n(c2=O)Cc2c-1nc1cc3c(cc1c2CN)OCO3.Nc1cc2c(cc1C(=O)CBr)OCO2. The van der Waals surface area contributed by atoms with E-state index in [9.17, 15) is 58.2 Å². The molecule has 38 heteroatoms. The molecular formula is C84H74Br3N9O26. The monoisotopic (exact) mass is 1860 g/mol. The van der Waals surface area contributed by atoms with E-state index in [1.807, 2.05) is 18.2 Å². The summed E-state index contributed by atoms with van der Waals surface area (Å²) in [5, 5.41) is 29.9. The molecule has 6 aromatic carbocycles. The number of esters is 2. The first-order valence-corrected chi connectivity index (χ1v) is 41.0. The molecular weight excluding hydrogens is 1790 g/mol. The molecule has 0 fully saturated rings. The lowest BCUT2D eigenvalue weighted by Crippen LogP contribution is -2.44. The predicted molar refractivity (Wildman–Crippen MR) is 446 cm³/mol. The number of nitrogens with one attached hydrogen (secondary N) is 2. The van der Waals surface area contributed by atoms with Gasteiger partial charge in [-0.25, -0.2) is 19.6 Å². The third-order valence-electron chi connectivity index (χ3n) is 21.3. The number of benzene rings is 6. The third kappa shape index (κ3) is 15.5. The molecule has 35 nitrogen and oxygen atoms in total. The van der Waals surface area contributed by atoms with Gasteiger partial charge in [0.1, 0.15) is 13.2 Å². The van der Waals surface area contributed by atoms with Crippen molar-refractivity contribution in [1.29, 1.82) is 0 Å². The minimum Gasteiger partial charge on any atom is -0.458 e. The number of hydrogen-bond donors (Lipinski definition) is 7. The molecule has 10 aromatic rings. The Balaban J connectivity index is 0.000000118. The second kappa shape index (κ2) is 34.0. The number of anilines is 4. The molecule has 0 saturated carbocycles. The quantitative estimate of drug-likeness (QED) is 0.0259. The molecule has 4 aromatic heterocycles. The number of pyridine rings is 4. The average molecular weight is 1870 g/mol. The Morgan fingerprint density at radius 3 is 1.13 bits per heavy atom. The van der Waals surface area contributed by atoms with Gasteiger partial charge in [0.15, 0.2) is 103 Å². The zero-order valence-corrected chi connectivity index (χ0v) is 70.5. The van der Waals surface area contributed by atoms with Crippen LogP contribution >= 0.6 is 47.8 Å². The van der Waals surface area contributed by atoms with E-state index in [2.05, 4.69) is 58.4 Å². The van der Waals surface area contributed by atoms with E-state index in [1.165, 1.54) is 27.7 Å². The van der Waals surface area contributed by atoms with E-state index in [4.69, 9.17) is 93.5 Å². The number of fused-ring (bicyclic) bond motifs is 16. The number of ether oxygens (including phenoxy) is 14. The summed E-state index contributed by atoms with van der Waals surface area (Å²) in [6.45, 7) is 10.6. The number of nitrogens with two attached hydrogens (primary N) is 3. The van der Waals surface area contributed by atoms with Crippen LogP contribution in [-0.2, 0) is 78.0 Å². The lowest BCUT2D eigenvalue weighted by Gasteiger charge is -2.31. The summed E-state index contributed by atoms with van der Waals surface area (Å²) in [7, 11) is 0. The first kappa shape index (κ1) is 84.2. The third-order valence-corrected chi connectivity index (χ3v) is 22.9. The highest BCUT2D eigenvalue weighted by molar-refractivity contribution is 9.09. The van der Waals surface area contributed by atoms with Crippen molar-refractivity contribution in [2.24, 2.45) is 5.73 Å². The number of halogens is 3. The van der Waals surface area contributed by atoms with Gasteiger partial charge >= 0.3 is 11.9 Å². The van der Waals surface area contributed by atoms with E-state index in [0.29, 0.717) is 177 Å². The second-order valence-electron chi connectivity index (χ2n) is 28.5. The molecule has 14 heterocycles. The van der Waals surface area contributed by atoms with Gasteiger partial charge in [-0.05, 0) is 86.3 Å². The topological polar surface area (TPSA) is 478 Å². The zero-order chi connectivity index (χ0) is 86.7. The number of nitrogens with zero attached hydrogens (tertiary/aromatic N) is 4. The molecule has 10 aliphatic heterocycles. The molecule has 0 radical (unpaired) electrons. The van der Waals surface area contributed by atoms with Crippen LogP contribution in [0.25, 0.3) is 44.6 Å².